The first-order valence-corrected chi connectivity index (χ1v) is 11.5. The van der Waals surface area contributed by atoms with Gasteiger partial charge in [0.2, 0.25) is 0 Å². The van der Waals surface area contributed by atoms with Crippen LogP contribution in [0.5, 0.6) is 0 Å². The molecule has 0 bridgehead atoms. The van der Waals surface area contributed by atoms with Crippen molar-refractivity contribution in [2.45, 2.75) is 65.7 Å². The van der Waals surface area contributed by atoms with Crippen molar-refractivity contribution >= 4 is 17.1 Å². The zero-order chi connectivity index (χ0) is 20.8. The van der Waals surface area contributed by atoms with Crippen molar-refractivity contribution < 1.29 is 4.79 Å². The minimum atomic E-state index is 0.207. The number of carbonyl (C=O) groups excluding carboxylic acids is 1. The molecule has 152 valence electrons. The Morgan fingerprint density at radius 2 is 1.83 bits per heavy atom. The van der Waals surface area contributed by atoms with Crippen molar-refractivity contribution in [3.8, 4) is 10.6 Å². The lowest BCUT2D eigenvalue weighted by atomic mass is 10.0. The highest BCUT2D eigenvalue weighted by Crippen LogP contribution is 2.33. The Labute approximate surface area is 179 Å². The molecule has 29 heavy (non-hydrogen) atoms. The maximum atomic E-state index is 12.6. The van der Waals surface area contributed by atoms with Crippen LogP contribution in [0, 0.1) is 6.92 Å². The van der Waals surface area contributed by atoms with Gasteiger partial charge in [0.1, 0.15) is 5.01 Å². The minimum absolute atomic E-state index is 0.207. The molecule has 0 saturated heterocycles. The number of hydrogen-bond acceptors (Lipinski definition) is 3. The number of Topliss-reactive ketones (excluding diaryl/α,β-unsaturated/α-hetero) is 1. The van der Waals surface area contributed by atoms with Crippen LogP contribution in [0.25, 0.3) is 10.6 Å². The van der Waals surface area contributed by atoms with Crippen LogP contribution >= 0.6 is 11.3 Å². The summed E-state index contributed by atoms with van der Waals surface area (Å²) in [6.07, 6.45) is 4.87. The van der Waals surface area contributed by atoms with Gasteiger partial charge in [0.25, 0.3) is 0 Å². The zero-order valence-electron chi connectivity index (χ0n) is 18.0. The van der Waals surface area contributed by atoms with Gasteiger partial charge in [0.15, 0.2) is 5.78 Å². The highest BCUT2D eigenvalue weighted by molar-refractivity contribution is 7.15. The lowest BCUT2D eigenvalue weighted by Crippen LogP contribution is -2.02. The van der Waals surface area contributed by atoms with Crippen molar-refractivity contribution in [1.29, 1.82) is 0 Å². The van der Waals surface area contributed by atoms with Gasteiger partial charge in [-0.3, -0.25) is 4.79 Å². The minimum Gasteiger partial charge on any atom is -0.294 e. The summed E-state index contributed by atoms with van der Waals surface area (Å²) in [6.45, 7) is 8.61. The zero-order valence-corrected chi connectivity index (χ0v) is 18.8. The van der Waals surface area contributed by atoms with E-state index in [0.29, 0.717) is 12.3 Å². The number of ketones is 1. The Morgan fingerprint density at radius 3 is 2.48 bits per heavy atom. The molecule has 1 aromatic heterocycles. The molecule has 0 radical (unpaired) electrons. The van der Waals surface area contributed by atoms with Crippen molar-refractivity contribution in [3.63, 3.8) is 0 Å². The molecule has 0 fully saturated rings. The summed E-state index contributed by atoms with van der Waals surface area (Å²) in [5.74, 6) is 0.562. The van der Waals surface area contributed by atoms with Gasteiger partial charge in [-0.15, -0.1) is 11.3 Å². The number of benzene rings is 2. The second kappa shape index (κ2) is 9.98. The second-order valence-electron chi connectivity index (χ2n) is 8.08. The summed E-state index contributed by atoms with van der Waals surface area (Å²) in [7, 11) is 0. The van der Waals surface area contributed by atoms with Crippen molar-refractivity contribution in [1.82, 2.24) is 4.98 Å². The SMILES string of the molecule is CCCCc1ccc(-c2nc(C(C)C)c(CCC(=O)c3cccc(C)c3)s2)cc1. The molecule has 0 aliphatic rings. The molecular weight excluding hydrogens is 374 g/mol. The highest BCUT2D eigenvalue weighted by Gasteiger charge is 2.17. The fourth-order valence-corrected chi connectivity index (χ4v) is 4.72. The van der Waals surface area contributed by atoms with E-state index in [0.717, 1.165) is 34.7 Å². The first kappa shape index (κ1) is 21.4. The monoisotopic (exact) mass is 405 g/mol. The van der Waals surface area contributed by atoms with E-state index in [1.54, 1.807) is 11.3 Å². The smallest absolute Gasteiger partial charge is 0.163 e. The summed E-state index contributed by atoms with van der Waals surface area (Å²) in [5, 5.41) is 1.06. The van der Waals surface area contributed by atoms with Crippen molar-refractivity contribution in [3.05, 3.63) is 75.8 Å². The van der Waals surface area contributed by atoms with E-state index in [2.05, 4.69) is 45.0 Å². The lowest BCUT2D eigenvalue weighted by molar-refractivity contribution is 0.0983. The Morgan fingerprint density at radius 1 is 1.07 bits per heavy atom. The lowest BCUT2D eigenvalue weighted by Gasteiger charge is -2.05. The quantitative estimate of drug-likeness (QED) is 0.347. The normalized spacial score (nSPS) is 11.2. The summed E-state index contributed by atoms with van der Waals surface area (Å²) in [6, 6.07) is 16.7. The molecule has 2 aromatic carbocycles. The molecule has 0 atom stereocenters. The number of aromatic nitrogens is 1. The van der Waals surface area contributed by atoms with E-state index in [-0.39, 0.29) is 5.78 Å². The molecule has 3 rings (SSSR count). The van der Waals surface area contributed by atoms with E-state index in [4.69, 9.17) is 4.98 Å². The third-order valence-electron chi connectivity index (χ3n) is 5.21. The van der Waals surface area contributed by atoms with Gasteiger partial charge in [-0.25, -0.2) is 4.98 Å². The van der Waals surface area contributed by atoms with Gasteiger partial charge < -0.3 is 0 Å². The number of aryl methyl sites for hydroxylation is 3. The maximum Gasteiger partial charge on any atom is 0.163 e. The summed E-state index contributed by atoms with van der Waals surface area (Å²) >= 11 is 1.74. The van der Waals surface area contributed by atoms with Crippen molar-refractivity contribution in [2.24, 2.45) is 0 Å². The topological polar surface area (TPSA) is 30.0 Å². The summed E-state index contributed by atoms with van der Waals surface area (Å²) in [4.78, 5) is 18.8. The van der Waals surface area contributed by atoms with Gasteiger partial charge in [0.05, 0.1) is 5.69 Å². The number of hydrogen-bond donors (Lipinski definition) is 0. The van der Waals surface area contributed by atoms with Gasteiger partial charge in [-0.05, 0) is 43.7 Å². The molecule has 3 heteroatoms. The first-order chi connectivity index (χ1) is 14.0. The molecule has 0 saturated carbocycles. The molecule has 0 spiro atoms. The predicted octanol–water partition coefficient (Wildman–Crippen LogP) is 7.40. The van der Waals surface area contributed by atoms with Crippen LogP contribution < -0.4 is 0 Å². The van der Waals surface area contributed by atoms with E-state index >= 15 is 0 Å². The van der Waals surface area contributed by atoms with Crippen LogP contribution in [-0.2, 0) is 12.8 Å². The average molecular weight is 406 g/mol. The summed E-state index contributed by atoms with van der Waals surface area (Å²) in [5.41, 5.74) is 5.63. The Balaban J connectivity index is 1.75. The maximum absolute atomic E-state index is 12.6. The molecule has 1 heterocycles. The number of carbonyl (C=O) groups is 1. The molecule has 0 N–H and O–H groups in total. The molecule has 0 aliphatic heterocycles. The van der Waals surface area contributed by atoms with Gasteiger partial charge in [0, 0.05) is 22.4 Å². The number of unbranched alkanes of at least 4 members (excludes halogenated alkanes) is 1. The van der Waals surface area contributed by atoms with Crippen LogP contribution in [0.2, 0.25) is 0 Å². The third kappa shape index (κ3) is 5.63. The fourth-order valence-electron chi connectivity index (χ4n) is 3.50. The van der Waals surface area contributed by atoms with E-state index in [1.165, 1.54) is 28.8 Å². The second-order valence-corrected chi connectivity index (χ2v) is 9.16. The van der Waals surface area contributed by atoms with Crippen molar-refractivity contribution in [2.75, 3.05) is 0 Å². The molecule has 0 aliphatic carbocycles. The van der Waals surface area contributed by atoms with Crippen LogP contribution in [0.1, 0.15) is 78.0 Å². The summed E-state index contributed by atoms with van der Waals surface area (Å²) < 4.78 is 0. The van der Waals surface area contributed by atoms with E-state index < -0.39 is 0 Å². The molecule has 2 nitrogen and oxygen atoms in total. The van der Waals surface area contributed by atoms with Crippen LogP contribution in [-0.4, -0.2) is 10.8 Å². The Bertz CT molecular complexity index is 953. The van der Waals surface area contributed by atoms with Gasteiger partial charge in [-0.1, -0.05) is 75.2 Å². The predicted molar refractivity (Wildman–Crippen MR) is 124 cm³/mol. The van der Waals surface area contributed by atoms with Crippen LogP contribution in [0.4, 0.5) is 0 Å². The van der Waals surface area contributed by atoms with Gasteiger partial charge in [-0.2, -0.15) is 0 Å². The largest absolute Gasteiger partial charge is 0.294 e. The highest BCUT2D eigenvalue weighted by atomic mass is 32.1. The third-order valence-corrected chi connectivity index (χ3v) is 6.39. The first-order valence-electron chi connectivity index (χ1n) is 10.7. The van der Waals surface area contributed by atoms with Gasteiger partial charge >= 0.3 is 0 Å². The Hall–Kier alpha value is -2.26. The van der Waals surface area contributed by atoms with E-state index in [1.807, 2.05) is 31.2 Å². The van der Waals surface area contributed by atoms with Crippen LogP contribution in [0.15, 0.2) is 48.5 Å². The average Bonchev–Trinajstić information content (AvgIpc) is 3.15. The number of rotatable bonds is 9. The van der Waals surface area contributed by atoms with E-state index in [9.17, 15) is 4.79 Å². The molecule has 3 aromatic rings. The fraction of sp³-hybridized carbons (Fsp3) is 0.385. The number of thiazole rings is 1. The molecule has 0 amide bonds. The number of nitrogens with zero attached hydrogens (tertiary/aromatic N) is 1. The van der Waals surface area contributed by atoms with Crippen LogP contribution in [0.3, 0.4) is 0 Å². The molecule has 0 unspecified atom stereocenters. The standard InChI is InChI=1S/C26H31NOS/c1-5-6-9-20-11-13-21(14-12-20)26-27-25(18(2)3)24(29-26)16-15-23(28)22-10-7-8-19(4)17-22/h7-8,10-14,17-18H,5-6,9,15-16H2,1-4H3. The Kier molecular flexibility index (Phi) is 7.38. The molecular formula is C26H31NOS.